The van der Waals surface area contributed by atoms with Crippen LogP contribution >= 0.6 is 15.6 Å². The van der Waals surface area contributed by atoms with Gasteiger partial charge in [-0.2, -0.15) is 0 Å². The van der Waals surface area contributed by atoms with Crippen molar-refractivity contribution >= 4 is 39.5 Å². The van der Waals surface area contributed by atoms with Crippen molar-refractivity contribution in [2.24, 2.45) is 11.8 Å². The van der Waals surface area contributed by atoms with Gasteiger partial charge in [0.25, 0.3) is 0 Å². The molecular formula is C69H134O17P2. The molecule has 0 spiro atoms. The van der Waals surface area contributed by atoms with Crippen LogP contribution < -0.4 is 0 Å². The molecule has 0 aromatic rings. The Morgan fingerprint density at radius 3 is 0.864 bits per heavy atom. The van der Waals surface area contributed by atoms with Crippen molar-refractivity contribution in [2.45, 2.75) is 368 Å². The number of hydrogen-bond acceptors (Lipinski definition) is 15. The van der Waals surface area contributed by atoms with E-state index in [1.165, 1.54) is 161 Å². The second kappa shape index (κ2) is 61.3. The quantitative estimate of drug-likeness (QED) is 0.0222. The Labute approximate surface area is 537 Å². The fraction of sp³-hybridized carbons (Fsp3) is 0.942. The molecule has 0 aliphatic carbocycles. The smallest absolute Gasteiger partial charge is 0.462 e. The third kappa shape index (κ3) is 61.6. The molecule has 0 saturated heterocycles. The van der Waals surface area contributed by atoms with E-state index >= 15 is 0 Å². The van der Waals surface area contributed by atoms with E-state index in [1.807, 2.05) is 0 Å². The van der Waals surface area contributed by atoms with Gasteiger partial charge in [0.15, 0.2) is 12.2 Å². The summed E-state index contributed by atoms with van der Waals surface area (Å²) in [5.41, 5.74) is 0. The van der Waals surface area contributed by atoms with Crippen LogP contribution in [0.15, 0.2) is 0 Å². The molecule has 0 radical (unpaired) electrons. The molecule has 0 aromatic heterocycles. The highest BCUT2D eigenvalue weighted by Gasteiger charge is 2.30. The predicted octanol–water partition coefficient (Wildman–Crippen LogP) is 19.6. The lowest BCUT2D eigenvalue weighted by Crippen LogP contribution is -2.30. The molecule has 0 aliphatic heterocycles. The Morgan fingerprint density at radius 1 is 0.330 bits per heavy atom. The lowest BCUT2D eigenvalue weighted by molar-refractivity contribution is -0.161. The Hall–Kier alpha value is -1.94. The van der Waals surface area contributed by atoms with Crippen LogP contribution in [0, 0.1) is 11.8 Å². The van der Waals surface area contributed by atoms with Crippen molar-refractivity contribution in [3.63, 3.8) is 0 Å². The van der Waals surface area contributed by atoms with Crippen LogP contribution in [0.5, 0.6) is 0 Å². The van der Waals surface area contributed by atoms with Crippen LogP contribution in [0.25, 0.3) is 0 Å². The maximum Gasteiger partial charge on any atom is 0.472 e. The topological polar surface area (TPSA) is 237 Å². The molecule has 0 bridgehead atoms. The molecule has 3 unspecified atom stereocenters. The zero-order valence-electron chi connectivity index (χ0n) is 57.0. The van der Waals surface area contributed by atoms with Gasteiger partial charge >= 0.3 is 39.5 Å². The lowest BCUT2D eigenvalue weighted by atomic mass is 9.99. The molecule has 522 valence electrons. The first-order valence-electron chi connectivity index (χ1n) is 36.0. The van der Waals surface area contributed by atoms with Crippen molar-refractivity contribution in [2.75, 3.05) is 39.6 Å². The zero-order valence-corrected chi connectivity index (χ0v) is 58.8. The van der Waals surface area contributed by atoms with E-state index in [4.69, 9.17) is 37.0 Å². The summed E-state index contributed by atoms with van der Waals surface area (Å²) >= 11 is 0. The maximum absolute atomic E-state index is 13.0. The van der Waals surface area contributed by atoms with Crippen LogP contribution in [0.3, 0.4) is 0 Å². The lowest BCUT2D eigenvalue weighted by Gasteiger charge is -2.21. The number of ether oxygens (including phenoxy) is 4. The van der Waals surface area contributed by atoms with Gasteiger partial charge < -0.3 is 33.8 Å². The monoisotopic (exact) mass is 1300 g/mol. The Balaban J connectivity index is 5.17. The summed E-state index contributed by atoms with van der Waals surface area (Å²) in [5, 5.41) is 10.6. The van der Waals surface area contributed by atoms with Gasteiger partial charge in [-0.1, -0.05) is 298 Å². The fourth-order valence-electron chi connectivity index (χ4n) is 10.4. The van der Waals surface area contributed by atoms with E-state index in [9.17, 15) is 43.2 Å². The number of hydrogen-bond donors (Lipinski definition) is 3. The number of aliphatic hydroxyl groups excluding tert-OH is 1. The first kappa shape index (κ1) is 86.1. The second-order valence-corrected chi connectivity index (χ2v) is 28.5. The van der Waals surface area contributed by atoms with Gasteiger partial charge in [0.1, 0.15) is 19.3 Å². The second-order valence-electron chi connectivity index (χ2n) is 25.6. The molecule has 88 heavy (non-hydrogen) atoms. The third-order valence-electron chi connectivity index (χ3n) is 16.3. The van der Waals surface area contributed by atoms with Gasteiger partial charge in [-0.05, 0) is 37.5 Å². The van der Waals surface area contributed by atoms with Crippen LogP contribution in [0.1, 0.15) is 350 Å². The number of unbranched alkanes of at least 4 members (excludes halogenated alkanes) is 37. The van der Waals surface area contributed by atoms with Crippen LogP contribution in [-0.4, -0.2) is 96.7 Å². The highest BCUT2D eigenvalue weighted by atomic mass is 31.2. The summed E-state index contributed by atoms with van der Waals surface area (Å²) in [6.07, 6.45) is 46.0. The van der Waals surface area contributed by atoms with E-state index in [0.717, 1.165) is 108 Å². The van der Waals surface area contributed by atoms with Gasteiger partial charge in [-0.3, -0.25) is 37.3 Å². The van der Waals surface area contributed by atoms with Crippen LogP contribution in [0.4, 0.5) is 0 Å². The van der Waals surface area contributed by atoms with E-state index < -0.39 is 97.5 Å². The van der Waals surface area contributed by atoms with Crippen molar-refractivity contribution in [1.29, 1.82) is 0 Å². The average Bonchev–Trinajstić information content (AvgIpc) is 3.70. The summed E-state index contributed by atoms with van der Waals surface area (Å²) in [6.45, 7) is 9.49. The van der Waals surface area contributed by atoms with E-state index in [2.05, 4.69) is 41.5 Å². The Kier molecular flexibility index (Phi) is 59.9. The first-order chi connectivity index (χ1) is 42.4. The number of rotatable bonds is 68. The predicted molar refractivity (Wildman–Crippen MR) is 354 cm³/mol. The number of phosphoric ester groups is 2. The molecule has 0 fully saturated rings. The summed E-state index contributed by atoms with van der Waals surface area (Å²) < 4.78 is 68.1. The van der Waals surface area contributed by atoms with Crippen molar-refractivity contribution in [3.8, 4) is 0 Å². The molecule has 19 heteroatoms. The molecular weight excluding hydrogens is 1160 g/mol. The van der Waals surface area contributed by atoms with E-state index in [0.29, 0.717) is 25.7 Å². The minimum Gasteiger partial charge on any atom is -0.462 e. The largest absolute Gasteiger partial charge is 0.472 e. The number of phosphoric acid groups is 2. The summed E-state index contributed by atoms with van der Waals surface area (Å²) in [7, 11) is -9.89. The summed E-state index contributed by atoms with van der Waals surface area (Å²) in [4.78, 5) is 72.3. The highest BCUT2D eigenvalue weighted by molar-refractivity contribution is 7.47. The molecule has 0 amide bonds. The van der Waals surface area contributed by atoms with E-state index in [1.54, 1.807) is 0 Å². The van der Waals surface area contributed by atoms with Gasteiger partial charge in [0, 0.05) is 25.7 Å². The van der Waals surface area contributed by atoms with Crippen molar-refractivity contribution in [1.82, 2.24) is 0 Å². The Bertz CT molecular complexity index is 1720. The normalized spacial score (nSPS) is 14.5. The van der Waals surface area contributed by atoms with Gasteiger partial charge in [-0.15, -0.1) is 0 Å². The molecule has 17 nitrogen and oxygen atoms in total. The van der Waals surface area contributed by atoms with Crippen molar-refractivity contribution in [3.05, 3.63) is 0 Å². The molecule has 0 aliphatic rings. The average molecular weight is 1300 g/mol. The summed E-state index contributed by atoms with van der Waals surface area (Å²) in [5.74, 6) is -0.560. The van der Waals surface area contributed by atoms with Gasteiger partial charge in [-0.25, -0.2) is 9.13 Å². The SMILES string of the molecule is CCCCCCCCCCCCCCCCCC(=O)O[C@H](COC(=O)CCCCCCCCCCCCCC(C)C)COP(=O)(O)OC[C@@H](O)COP(=O)(O)OC[C@@H](COC(=O)CCCCCCC)OC(=O)CCCCCCCCCCCCC(C)CC. The molecule has 0 saturated carbocycles. The standard InChI is InChI=1S/C69H134O17P2/c1-7-10-12-14-15-16-17-18-19-20-23-30-35-41-47-53-69(74)86-65(58-80-67(72)52-46-40-34-29-24-21-22-27-32-38-43-49-61(4)5)60-84-88(77,78)82-56-63(70)55-81-87(75,76)83-59-64(57-79-66(71)51-45-37-13-11-8-2)85-68(73)54-48-42-36-31-26-25-28-33-39-44-50-62(6)9-3/h61-65,70H,7-60H2,1-6H3,(H,75,76)(H,77,78)/t62?,63-,64+,65+/m0/s1. The zero-order chi connectivity index (χ0) is 65.0. The van der Waals surface area contributed by atoms with Crippen molar-refractivity contribution < 1.29 is 80.2 Å². The molecule has 3 N–H and O–H groups in total. The number of carbonyl (C=O) groups is 4. The van der Waals surface area contributed by atoms with Crippen LogP contribution in [-0.2, 0) is 65.4 Å². The van der Waals surface area contributed by atoms with Gasteiger partial charge in [0.2, 0.25) is 0 Å². The first-order valence-corrected chi connectivity index (χ1v) is 39.0. The molecule has 0 rings (SSSR count). The minimum atomic E-state index is -4.95. The molecule has 6 atom stereocenters. The molecule has 0 heterocycles. The molecule has 0 aromatic carbocycles. The highest BCUT2D eigenvalue weighted by Crippen LogP contribution is 2.45. The third-order valence-corrected chi connectivity index (χ3v) is 18.2. The maximum atomic E-state index is 13.0. The van der Waals surface area contributed by atoms with Gasteiger partial charge in [0.05, 0.1) is 26.4 Å². The minimum absolute atomic E-state index is 0.105. The number of esters is 4. The van der Waals surface area contributed by atoms with Crippen LogP contribution in [0.2, 0.25) is 0 Å². The number of aliphatic hydroxyl groups is 1. The Morgan fingerprint density at radius 2 is 0.580 bits per heavy atom. The summed E-state index contributed by atoms with van der Waals surface area (Å²) in [6, 6.07) is 0. The number of carbonyl (C=O) groups excluding carboxylic acids is 4. The van der Waals surface area contributed by atoms with E-state index in [-0.39, 0.29) is 25.7 Å². The fourth-order valence-corrected chi connectivity index (χ4v) is 12.0.